The fourth-order valence-electron chi connectivity index (χ4n) is 1.66. The molecule has 0 fully saturated rings. The normalized spacial score (nSPS) is 12.1. The maximum Gasteiger partial charge on any atom is 0.243 e. The summed E-state index contributed by atoms with van der Waals surface area (Å²) >= 11 is 0. The van der Waals surface area contributed by atoms with Gasteiger partial charge in [0.1, 0.15) is 10.7 Å². The highest BCUT2D eigenvalue weighted by molar-refractivity contribution is 7.89. The largest absolute Gasteiger partial charge is 0.310 e. The van der Waals surface area contributed by atoms with Gasteiger partial charge in [-0.15, -0.1) is 0 Å². The van der Waals surface area contributed by atoms with Crippen molar-refractivity contribution in [2.24, 2.45) is 0 Å². The Morgan fingerprint density at radius 3 is 2.55 bits per heavy atom. The van der Waals surface area contributed by atoms with E-state index in [2.05, 4.69) is 10.0 Å². The molecular formula is C14H23FN2O2S. The molecular weight excluding hydrogens is 279 g/mol. The fraction of sp³-hybridized carbons (Fsp3) is 0.571. The first kappa shape index (κ1) is 17.1. The number of rotatable bonds is 8. The SMILES string of the molecule is CCCCNS(=O)(=O)c1ccc(CNC(C)C)cc1F. The topological polar surface area (TPSA) is 58.2 Å². The van der Waals surface area contributed by atoms with Crippen LogP contribution in [0.2, 0.25) is 0 Å². The van der Waals surface area contributed by atoms with Crippen molar-refractivity contribution in [1.82, 2.24) is 10.0 Å². The lowest BCUT2D eigenvalue weighted by Crippen LogP contribution is -2.26. The minimum Gasteiger partial charge on any atom is -0.310 e. The zero-order chi connectivity index (χ0) is 15.2. The van der Waals surface area contributed by atoms with Crippen LogP contribution in [0.25, 0.3) is 0 Å². The van der Waals surface area contributed by atoms with Crippen molar-refractivity contribution < 1.29 is 12.8 Å². The molecule has 0 bridgehead atoms. The third-order valence-electron chi connectivity index (χ3n) is 2.82. The van der Waals surface area contributed by atoms with E-state index >= 15 is 0 Å². The van der Waals surface area contributed by atoms with E-state index in [1.54, 1.807) is 6.07 Å². The van der Waals surface area contributed by atoms with Crippen LogP contribution in [0.3, 0.4) is 0 Å². The van der Waals surface area contributed by atoms with E-state index in [1.807, 2.05) is 20.8 Å². The molecule has 0 saturated carbocycles. The second-order valence-electron chi connectivity index (χ2n) is 5.05. The Morgan fingerprint density at radius 1 is 1.30 bits per heavy atom. The molecule has 0 heterocycles. The van der Waals surface area contributed by atoms with Crippen molar-refractivity contribution in [2.75, 3.05) is 6.54 Å². The summed E-state index contributed by atoms with van der Waals surface area (Å²) < 4.78 is 40.2. The molecule has 0 aliphatic carbocycles. The van der Waals surface area contributed by atoms with E-state index in [0.29, 0.717) is 13.1 Å². The number of hydrogen-bond acceptors (Lipinski definition) is 3. The first-order valence-electron chi connectivity index (χ1n) is 6.88. The Bertz CT molecular complexity index is 530. The summed E-state index contributed by atoms with van der Waals surface area (Å²) in [7, 11) is -3.76. The molecule has 0 aromatic heterocycles. The van der Waals surface area contributed by atoms with Crippen molar-refractivity contribution in [1.29, 1.82) is 0 Å². The van der Waals surface area contributed by atoms with Crippen LogP contribution in [0, 0.1) is 5.82 Å². The monoisotopic (exact) mass is 302 g/mol. The number of sulfonamides is 1. The zero-order valence-electron chi connectivity index (χ0n) is 12.2. The van der Waals surface area contributed by atoms with E-state index in [1.165, 1.54) is 12.1 Å². The van der Waals surface area contributed by atoms with Crippen molar-refractivity contribution in [2.45, 2.75) is 51.1 Å². The Balaban J connectivity index is 2.81. The van der Waals surface area contributed by atoms with E-state index < -0.39 is 15.8 Å². The highest BCUT2D eigenvalue weighted by atomic mass is 32.2. The summed E-state index contributed by atoms with van der Waals surface area (Å²) in [5, 5.41) is 3.16. The van der Waals surface area contributed by atoms with Gasteiger partial charge in [-0.05, 0) is 24.1 Å². The predicted molar refractivity (Wildman–Crippen MR) is 78.5 cm³/mol. The molecule has 0 unspecified atom stereocenters. The number of halogens is 1. The van der Waals surface area contributed by atoms with Crippen LogP contribution in [0.4, 0.5) is 4.39 Å². The van der Waals surface area contributed by atoms with Crippen LogP contribution < -0.4 is 10.0 Å². The predicted octanol–water partition coefficient (Wildman–Crippen LogP) is 2.40. The minimum absolute atomic E-state index is 0.289. The fourth-order valence-corrected chi connectivity index (χ4v) is 2.79. The van der Waals surface area contributed by atoms with Gasteiger partial charge in [-0.1, -0.05) is 33.3 Å². The van der Waals surface area contributed by atoms with Crippen LogP contribution in [-0.4, -0.2) is 21.0 Å². The van der Waals surface area contributed by atoms with E-state index in [4.69, 9.17) is 0 Å². The lowest BCUT2D eigenvalue weighted by molar-refractivity contribution is 0.550. The molecule has 114 valence electrons. The zero-order valence-corrected chi connectivity index (χ0v) is 13.1. The second kappa shape index (κ2) is 7.71. The van der Waals surface area contributed by atoms with Gasteiger partial charge in [-0.2, -0.15) is 0 Å². The van der Waals surface area contributed by atoms with Crippen molar-refractivity contribution >= 4 is 10.0 Å². The maximum atomic E-state index is 13.9. The summed E-state index contributed by atoms with van der Waals surface area (Å²) in [6.07, 6.45) is 1.61. The first-order chi connectivity index (χ1) is 9.36. The minimum atomic E-state index is -3.76. The summed E-state index contributed by atoms with van der Waals surface area (Å²) in [5.74, 6) is -0.711. The lowest BCUT2D eigenvalue weighted by atomic mass is 10.2. The molecule has 0 spiro atoms. The molecule has 0 radical (unpaired) electrons. The number of benzene rings is 1. The Kier molecular flexibility index (Phi) is 6.58. The number of hydrogen-bond donors (Lipinski definition) is 2. The second-order valence-corrected chi connectivity index (χ2v) is 6.79. The number of unbranched alkanes of at least 4 members (excludes halogenated alkanes) is 1. The third-order valence-corrected chi connectivity index (χ3v) is 4.32. The molecule has 1 aromatic carbocycles. The third kappa shape index (κ3) is 5.19. The van der Waals surface area contributed by atoms with Crippen LogP contribution in [0.1, 0.15) is 39.2 Å². The standard InChI is InChI=1S/C14H23FN2O2S/c1-4-5-8-17-20(18,19)14-7-6-12(9-13(14)15)10-16-11(2)3/h6-7,9,11,16-17H,4-5,8,10H2,1-3H3. The van der Waals surface area contributed by atoms with Crippen LogP contribution in [0.15, 0.2) is 23.1 Å². The van der Waals surface area contributed by atoms with Gasteiger partial charge in [0, 0.05) is 19.1 Å². The molecule has 0 aliphatic heterocycles. The van der Waals surface area contributed by atoms with Gasteiger partial charge < -0.3 is 5.32 Å². The molecule has 0 aliphatic rings. The van der Waals surface area contributed by atoms with Gasteiger partial charge in [-0.25, -0.2) is 17.5 Å². The quantitative estimate of drug-likeness (QED) is 0.725. The molecule has 20 heavy (non-hydrogen) atoms. The summed E-state index contributed by atoms with van der Waals surface area (Å²) in [6.45, 7) is 6.79. The molecule has 6 heteroatoms. The van der Waals surface area contributed by atoms with E-state index in [0.717, 1.165) is 18.4 Å². The van der Waals surface area contributed by atoms with Crippen LogP contribution >= 0.6 is 0 Å². The van der Waals surface area contributed by atoms with Crippen LogP contribution in [0.5, 0.6) is 0 Å². The van der Waals surface area contributed by atoms with Gasteiger partial charge >= 0.3 is 0 Å². The summed E-state index contributed by atoms with van der Waals surface area (Å²) in [6, 6.07) is 4.51. The Hall–Kier alpha value is -0.980. The number of nitrogens with one attached hydrogen (secondary N) is 2. The summed E-state index contributed by atoms with van der Waals surface area (Å²) in [5.41, 5.74) is 0.726. The maximum absolute atomic E-state index is 13.9. The average molecular weight is 302 g/mol. The molecule has 4 nitrogen and oxygen atoms in total. The molecule has 1 rings (SSSR count). The summed E-state index contributed by atoms with van der Waals surface area (Å²) in [4.78, 5) is -0.290. The molecule has 0 amide bonds. The van der Waals surface area contributed by atoms with Gasteiger partial charge in [0.15, 0.2) is 0 Å². The Morgan fingerprint density at radius 2 is 2.00 bits per heavy atom. The highest BCUT2D eigenvalue weighted by Crippen LogP contribution is 2.16. The van der Waals surface area contributed by atoms with Crippen molar-refractivity contribution in [3.8, 4) is 0 Å². The average Bonchev–Trinajstić information content (AvgIpc) is 2.36. The lowest BCUT2D eigenvalue weighted by Gasteiger charge is -2.10. The van der Waals surface area contributed by atoms with E-state index in [9.17, 15) is 12.8 Å². The van der Waals surface area contributed by atoms with Crippen molar-refractivity contribution in [3.05, 3.63) is 29.6 Å². The van der Waals surface area contributed by atoms with Gasteiger partial charge in [-0.3, -0.25) is 0 Å². The van der Waals surface area contributed by atoms with Gasteiger partial charge in [0.05, 0.1) is 0 Å². The first-order valence-corrected chi connectivity index (χ1v) is 8.36. The molecule has 2 N–H and O–H groups in total. The molecule has 0 saturated heterocycles. The van der Waals surface area contributed by atoms with Crippen molar-refractivity contribution in [3.63, 3.8) is 0 Å². The van der Waals surface area contributed by atoms with Gasteiger partial charge in [0.25, 0.3) is 0 Å². The van der Waals surface area contributed by atoms with Gasteiger partial charge in [0.2, 0.25) is 10.0 Å². The van der Waals surface area contributed by atoms with E-state index in [-0.39, 0.29) is 10.9 Å². The van der Waals surface area contributed by atoms with Crippen LogP contribution in [-0.2, 0) is 16.6 Å². The smallest absolute Gasteiger partial charge is 0.243 e. The Labute approximate surface area is 120 Å². The highest BCUT2D eigenvalue weighted by Gasteiger charge is 2.18. The molecule has 1 aromatic rings. The molecule has 0 atom stereocenters.